The van der Waals surface area contributed by atoms with Crippen LogP contribution < -0.4 is 0 Å². The van der Waals surface area contributed by atoms with Crippen molar-refractivity contribution in [3.05, 3.63) is 40.2 Å². The van der Waals surface area contributed by atoms with Gasteiger partial charge in [0.15, 0.2) is 11.6 Å². The zero-order valence-corrected chi connectivity index (χ0v) is 10.3. The third kappa shape index (κ3) is 2.88. The Bertz CT molecular complexity index is 544. The van der Waals surface area contributed by atoms with Gasteiger partial charge in [-0.05, 0) is 35.9 Å². The molecule has 0 saturated carbocycles. The summed E-state index contributed by atoms with van der Waals surface area (Å²) in [4.78, 5) is 13.3. The average molecular weight is 251 g/mol. The Morgan fingerprint density at radius 1 is 1.41 bits per heavy atom. The molecule has 0 aliphatic heterocycles. The van der Waals surface area contributed by atoms with Crippen LogP contribution in [0.15, 0.2) is 18.2 Å². The van der Waals surface area contributed by atoms with Crippen molar-refractivity contribution < 1.29 is 4.79 Å². The first-order valence-corrected chi connectivity index (χ1v) is 5.45. The monoisotopic (exact) mass is 250 g/mol. The molecule has 1 aromatic carbocycles. The SMILES string of the molecule is Cc1cc(Cl)cc(C(=O)Cc2nnn(C)n2)c1. The topological polar surface area (TPSA) is 60.7 Å². The number of carbonyl (C=O) groups excluding carboxylic acids is 1. The highest BCUT2D eigenvalue weighted by atomic mass is 35.5. The van der Waals surface area contributed by atoms with Gasteiger partial charge in [-0.3, -0.25) is 4.79 Å². The summed E-state index contributed by atoms with van der Waals surface area (Å²) in [7, 11) is 1.66. The van der Waals surface area contributed by atoms with E-state index in [1.807, 2.05) is 6.92 Å². The number of rotatable bonds is 3. The number of nitrogens with zero attached hydrogens (tertiary/aromatic N) is 4. The molecule has 1 aromatic heterocycles. The molecule has 2 aromatic rings. The lowest BCUT2D eigenvalue weighted by Gasteiger charge is -2.01. The number of ketones is 1. The Balaban J connectivity index is 2.19. The second-order valence-electron chi connectivity index (χ2n) is 3.81. The van der Waals surface area contributed by atoms with Gasteiger partial charge < -0.3 is 0 Å². The van der Waals surface area contributed by atoms with Crippen LogP contribution in [0.25, 0.3) is 0 Å². The van der Waals surface area contributed by atoms with E-state index in [4.69, 9.17) is 11.6 Å². The number of tetrazole rings is 1. The lowest BCUT2D eigenvalue weighted by atomic mass is 10.1. The van der Waals surface area contributed by atoms with Crippen LogP contribution in [0.4, 0.5) is 0 Å². The quantitative estimate of drug-likeness (QED) is 0.777. The number of aryl methyl sites for hydroxylation is 2. The van der Waals surface area contributed by atoms with Crippen molar-refractivity contribution in [3.8, 4) is 0 Å². The van der Waals surface area contributed by atoms with E-state index in [9.17, 15) is 4.79 Å². The molecule has 0 bridgehead atoms. The highest BCUT2D eigenvalue weighted by Gasteiger charge is 2.11. The lowest BCUT2D eigenvalue weighted by Crippen LogP contribution is -2.06. The summed E-state index contributed by atoms with van der Waals surface area (Å²) in [5, 5.41) is 12.0. The Morgan fingerprint density at radius 3 is 2.76 bits per heavy atom. The summed E-state index contributed by atoms with van der Waals surface area (Å²) in [5.41, 5.74) is 1.52. The second kappa shape index (κ2) is 4.63. The summed E-state index contributed by atoms with van der Waals surface area (Å²) in [6.45, 7) is 1.89. The molecule has 0 N–H and O–H groups in total. The number of hydrogen-bond donors (Lipinski definition) is 0. The predicted molar refractivity (Wildman–Crippen MR) is 63.0 cm³/mol. The van der Waals surface area contributed by atoms with E-state index < -0.39 is 0 Å². The molecular formula is C11H11ClN4O. The van der Waals surface area contributed by atoms with E-state index in [0.29, 0.717) is 16.4 Å². The van der Waals surface area contributed by atoms with Crippen LogP contribution in [0.5, 0.6) is 0 Å². The van der Waals surface area contributed by atoms with Gasteiger partial charge in [-0.2, -0.15) is 4.80 Å². The van der Waals surface area contributed by atoms with Crippen LogP contribution in [0.3, 0.4) is 0 Å². The van der Waals surface area contributed by atoms with Crippen molar-refractivity contribution >= 4 is 17.4 Å². The summed E-state index contributed by atoms with van der Waals surface area (Å²) in [5.74, 6) is 0.346. The molecule has 0 unspecified atom stereocenters. The van der Waals surface area contributed by atoms with Gasteiger partial charge in [0.05, 0.1) is 13.5 Å². The molecule has 17 heavy (non-hydrogen) atoms. The fourth-order valence-electron chi connectivity index (χ4n) is 1.54. The van der Waals surface area contributed by atoms with Crippen LogP contribution in [0.2, 0.25) is 5.02 Å². The zero-order chi connectivity index (χ0) is 12.4. The minimum atomic E-state index is -0.0661. The molecule has 0 saturated heterocycles. The summed E-state index contributed by atoms with van der Waals surface area (Å²) < 4.78 is 0. The normalized spacial score (nSPS) is 10.5. The maximum absolute atomic E-state index is 12.0. The molecule has 0 fully saturated rings. The van der Waals surface area contributed by atoms with E-state index in [1.54, 1.807) is 25.2 Å². The van der Waals surface area contributed by atoms with Gasteiger partial charge >= 0.3 is 0 Å². The highest BCUT2D eigenvalue weighted by Crippen LogP contribution is 2.15. The number of hydrogen-bond acceptors (Lipinski definition) is 4. The molecule has 2 rings (SSSR count). The molecule has 0 radical (unpaired) electrons. The van der Waals surface area contributed by atoms with Gasteiger partial charge in [-0.25, -0.2) is 0 Å². The van der Waals surface area contributed by atoms with Crippen molar-refractivity contribution in [3.63, 3.8) is 0 Å². The third-order valence-corrected chi connectivity index (χ3v) is 2.45. The first-order valence-electron chi connectivity index (χ1n) is 5.08. The van der Waals surface area contributed by atoms with Gasteiger partial charge in [-0.15, -0.1) is 10.2 Å². The summed E-state index contributed by atoms with van der Waals surface area (Å²) in [6, 6.07) is 5.25. The number of Topliss-reactive ketones (excluding diaryl/α,β-unsaturated/α-hetero) is 1. The average Bonchev–Trinajstić information content (AvgIpc) is 2.62. The number of carbonyl (C=O) groups is 1. The van der Waals surface area contributed by atoms with Crippen molar-refractivity contribution in [1.29, 1.82) is 0 Å². The highest BCUT2D eigenvalue weighted by molar-refractivity contribution is 6.31. The Morgan fingerprint density at radius 2 is 2.18 bits per heavy atom. The van der Waals surface area contributed by atoms with Gasteiger partial charge in [0.25, 0.3) is 0 Å². The Kier molecular flexibility index (Phi) is 3.19. The first-order chi connectivity index (χ1) is 8.04. The van der Waals surface area contributed by atoms with Gasteiger partial charge in [-0.1, -0.05) is 11.6 Å². The zero-order valence-electron chi connectivity index (χ0n) is 9.51. The second-order valence-corrected chi connectivity index (χ2v) is 4.25. The first kappa shape index (κ1) is 11.7. The largest absolute Gasteiger partial charge is 0.294 e. The molecule has 1 heterocycles. The van der Waals surface area contributed by atoms with Crippen molar-refractivity contribution in [2.45, 2.75) is 13.3 Å². The molecule has 5 nitrogen and oxygen atoms in total. The molecule has 6 heteroatoms. The van der Waals surface area contributed by atoms with Crippen LogP contribution in [-0.2, 0) is 13.5 Å². The number of halogens is 1. The van der Waals surface area contributed by atoms with Crippen molar-refractivity contribution in [1.82, 2.24) is 20.2 Å². The fraction of sp³-hybridized carbons (Fsp3) is 0.273. The van der Waals surface area contributed by atoms with Gasteiger partial charge in [0.2, 0.25) is 0 Å². The lowest BCUT2D eigenvalue weighted by molar-refractivity contribution is 0.0990. The maximum atomic E-state index is 12.0. The number of aromatic nitrogens is 4. The predicted octanol–water partition coefficient (Wildman–Crippen LogP) is 1.60. The van der Waals surface area contributed by atoms with E-state index in [-0.39, 0.29) is 12.2 Å². The molecule has 0 amide bonds. The van der Waals surface area contributed by atoms with E-state index >= 15 is 0 Å². The van der Waals surface area contributed by atoms with E-state index in [2.05, 4.69) is 15.4 Å². The van der Waals surface area contributed by atoms with Crippen molar-refractivity contribution in [2.24, 2.45) is 7.05 Å². The maximum Gasteiger partial charge on any atom is 0.182 e. The van der Waals surface area contributed by atoms with Crippen LogP contribution in [-0.4, -0.2) is 26.0 Å². The van der Waals surface area contributed by atoms with Crippen LogP contribution >= 0.6 is 11.6 Å². The minimum Gasteiger partial charge on any atom is -0.294 e. The van der Waals surface area contributed by atoms with Crippen LogP contribution in [0.1, 0.15) is 21.7 Å². The smallest absolute Gasteiger partial charge is 0.182 e. The van der Waals surface area contributed by atoms with Gasteiger partial charge in [0, 0.05) is 10.6 Å². The number of benzene rings is 1. The summed E-state index contributed by atoms with van der Waals surface area (Å²) >= 11 is 5.90. The minimum absolute atomic E-state index is 0.0661. The van der Waals surface area contributed by atoms with E-state index in [0.717, 1.165) is 5.56 Å². The third-order valence-electron chi connectivity index (χ3n) is 2.23. The molecule has 0 aliphatic rings. The molecule has 0 aliphatic carbocycles. The molecule has 0 atom stereocenters. The fourth-order valence-corrected chi connectivity index (χ4v) is 1.83. The van der Waals surface area contributed by atoms with Crippen molar-refractivity contribution in [2.75, 3.05) is 0 Å². The Hall–Kier alpha value is -1.75. The van der Waals surface area contributed by atoms with E-state index in [1.165, 1.54) is 4.80 Å². The van der Waals surface area contributed by atoms with Gasteiger partial charge in [0.1, 0.15) is 0 Å². The Labute approximate surface area is 103 Å². The van der Waals surface area contributed by atoms with Crippen LogP contribution in [0, 0.1) is 6.92 Å². The standard InChI is InChI=1S/C11H11ClN4O/c1-7-3-8(5-9(12)4-7)10(17)6-11-13-15-16(2)14-11/h3-5H,6H2,1-2H3. The molecular weight excluding hydrogens is 240 g/mol. The molecule has 88 valence electrons. The molecule has 0 spiro atoms. The summed E-state index contributed by atoms with van der Waals surface area (Å²) in [6.07, 6.45) is 0.133.